The number of ether oxygens (including phenoxy) is 2. The molecule has 0 amide bonds. The molecule has 2 saturated heterocycles. The summed E-state index contributed by atoms with van der Waals surface area (Å²) >= 11 is 0. The maximum atomic E-state index is 5.65. The summed E-state index contributed by atoms with van der Waals surface area (Å²) in [5.41, 5.74) is 0.355. The van der Waals surface area contributed by atoms with Gasteiger partial charge in [-0.1, -0.05) is 13.8 Å². The van der Waals surface area contributed by atoms with Gasteiger partial charge in [-0.3, -0.25) is 9.89 Å². The molecule has 2 unspecified atom stereocenters. The predicted molar refractivity (Wildman–Crippen MR) is 101 cm³/mol. The van der Waals surface area contributed by atoms with Crippen LogP contribution >= 0.6 is 0 Å². The zero-order valence-corrected chi connectivity index (χ0v) is 16.4. The van der Waals surface area contributed by atoms with Crippen molar-refractivity contribution in [3.05, 3.63) is 0 Å². The standard InChI is InChI=1S/C19H36N4O2/c1-18(2)15(13-16(18)24-4)22-17(20-3)21-14-19(7-11-25-12-8-19)23-9-5-6-10-23/h15-16H,5-14H2,1-4H3,(H2,20,21,22). The van der Waals surface area contributed by atoms with Crippen molar-refractivity contribution in [2.45, 2.75) is 63.6 Å². The van der Waals surface area contributed by atoms with E-state index in [2.05, 4.69) is 34.4 Å². The predicted octanol–water partition coefficient (Wildman–Crippen LogP) is 1.61. The summed E-state index contributed by atoms with van der Waals surface area (Å²) in [6, 6.07) is 0.404. The number of hydrogen-bond donors (Lipinski definition) is 2. The number of hydrogen-bond acceptors (Lipinski definition) is 4. The minimum Gasteiger partial charge on any atom is -0.381 e. The molecule has 6 heteroatoms. The molecule has 2 N–H and O–H groups in total. The first-order valence-corrected chi connectivity index (χ1v) is 9.84. The zero-order valence-electron chi connectivity index (χ0n) is 16.4. The molecule has 25 heavy (non-hydrogen) atoms. The average Bonchev–Trinajstić information content (AvgIpc) is 3.17. The van der Waals surface area contributed by atoms with Crippen LogP contribution in [0.3, 0.4) is 0 Å². The van der Waals surface area contributed by atoms with E-state index < -0.39 is 0 Å². The maximum Gasteiger partial charge on any atom is 0.191 e. The van der Waals surface area contributed by atoms with Gasteiger partial charge in [0.15, 0.2) is 5.96 Å². The van der Waals surface area contributed by atoms with E-state index in [-0.39, 0.29) is 11.0 Å². The normalized spacial score (nSPS) is 32.2. The molecular weight excluding hydrogens is 316 g/mol. The summed E-state index contributed by atoms with van der Waals surface area (Å²) in [6.07, 6.45) is 6.23. The van der Waals surface area contributed by atoms with Crippen LogP contribution in [0.2, 0.25) is 0 Å². The third-order valence-corrected chi connectivity index (χ3v) is 6.78. The fourth-order valence-electron chi connectivity index (χ4n) is 4.69. The van der Waals surface area contributed by atoms with Crippen molar-refractivity contribution in [2.75, 3.05) is 47.0 Å². The lowest BCUT2D eigenvalue weighted by atomic mass is 9.64. The minimum absolute atomic E-state index is 0.137. The molecule has 2 heterocycles. The smallest absolute Gasteiger partial charge is 0.191 e. The Kier molecular flexibility index (Phi) is 5.91. The van der Waals surface area contributed by atoms with Crippen molar-refractivity contribution in [1.82, 2.24) is 15.5 Å². The molecular formula is C19H36N4O2. The fraction of sp³-hybridized carbons (Fsp3) is 0.947. The first-order valence-electron chi connectivity index (χ1n) is 9.84. The Bertz CT molecular complexity index is 468. The van der Waals surface area contributed by atoms with Gasteiger partial charge < -0.3 is 20.1 Å². The largest absolute Gasteiger partial charge is 0.381 e. The van der Waals surface area contributed by atoms with E-state index in [0.29, 0.717) is 12.1 Å². The van der Waals surface area contributed by atoms with E-state index in [4.69, 9.17) is 9.47 Å². The highest BCUT2D eigenvalue weighted by molar-refractivity contribution is 5.80. The van der Waals surface area contributed by atoms with Gasteiger partial charge in [0.05, 0.1) is 6.10 Å². The average molecular weight is 353 g/mol. The Morgan fingerprint density at radius 3 is 2.48 bits per heavy atom. The Morgan fingerprint density at radius 1 is 1.24 bits per heavy atom. The summed E-state index contributed by atoms with van der Waals surface area (Å²) < 4.78 is 11.2. The molecule has 1 aliphatic carbocycles. The van der Waals surface area contributed by atoms with E-state index in [1.54, 1.807) is 7.11 Å². The van der Waals surface area contributed by atoms with Crippen LogP contribution in [0.4, 0.5) is 0 Å². The quantitative estimate of drug-likeness (QED) is 0.582. The molecule has 0 spiro atoms. The van der Waals surface area contributed by atoms with Crippen molar-refractivity contribution in [3.63, 3.8) is 0 Å². The topological polar surface area (TPSA) is 58.1 Å². The van der Waals surface area contributed by atoms with Gasteiger partial charge in [-0.2, -0.15) is 0 Å². The highest BCUT2D eigenvalue weighted by Gasteiger charge is 2.49. The number of aliphatic imine (C=N–C) groups is 1. The van der Waals surface area contributed by atoms with Crippen molar-refractivity contribution < 1.29 is 9.47 Å². The molecule has 0 bridgehead atoms. The summed E-state index contributed by atoms with van der Waals surface area (Å²) in [5, 5.41) is 7.24. The number of guanidine groups is 1. The van der Waals surface area contributed by atoms with Crippen LogP contribution in [-0.4, -0.2) is 75.5 Å². The van der Waals surface area contributed by atoms with Crippen LogP contribution in [-0.2, 0) is 9.47 Å². The van der Waals surface area contributed by atoms with Gasteiger partial charge in [-0.05, 0) is 45.2 Å². The lowest BCUT2D eigenvalue weighted by Gasteiger charge is -2.51. The maximum absolute atomic E-state index is 5.65. The van der Waals surface area contributed by atoms with Gasteiger partial charge in [-0.15, -0.1) is 0 Å². The monoisotopic (exact) mass is 352 g/mol. The molecule has 0 aromatic carbocycles. The van der Waals surface area contributed by atoms with Crippen LogP contribution in [0.25, 0.3) is 0 Å². The van der Waals surface area contributed by atoms with Crippen molar-refractivity contribution in [1.29, 1.82) is 0 Å². The minimum atomic E-state index is 0.137. The Balaban J connectivity index is 1.58. The van der Waals surface area contributed by atoms with Crippen molar-refractivity contribution in [3.8, 4) is 0 Å². The first kappa shape index (κ1) is 18.9. The summed E-state index contributed by atoms with van der Waals surface area (Å²) in [4.78, 5) is 7.16. The number of rotatable bonds is 5. The second-order valence-corrected chi connectivity index (χ2v) is 8.43. The van der Waals surface area contributed by atoms with E-state index >= 15 is 0 Å². The number of nitrogens with zero attached hydrogens (tertiary/aromatic N) is 2. The lowest BCUT2D eigenvalue weighted by Crippen LogP contribution is -2.65. The van der Waals surface area contributed by atoms with Crippen LogP contribution in [0.5, 0.6) is 0 Å². The number of likely N-dealkylation sites (tertiary alicyclic amines) is 1. The van der Waals surface area contributed by atoms with Gasteiger partial charge >= 0.3 is 0 Å². The molecule has 3 aliphatic rings. The highest BCUT2D eigenvalue weighted by atomic mass is 16.5. The molecule has 0 radical (unpaired) electrons. The van der Waals surface area contributed by atoms with Gasteiger partial charge in [0.2, 0.25) is 0 Å². The van der Waals surface area contributed by atoms with Crippen LogP contribution in [0, 0.1) is 5.41 Å². The van der Waals surface area contributed by atoms with Gasteiger partial charge in [0.25, 0.3) is 0 Å². The molecule has 6 nitrogen and oxygen atoms in total. The first-order chi connectivity index (χ1) is 12.0. The molecule has 3 fully saturated rings. The van der Waals surface area contributed by atoms with Crippen LogP contribution in [0.1, 0.15) is 46.0 Å². The molecule has 144 valence electrons. The van der Waals surface area contributed by atoms with E-state index in [1.807, 2.05) is 7.05 Å². The van der Waals surface area contributed by atoms with E-state index in [0.717, 1.165) is 45.0 Å². The molecule has 3 rings (SSSR count). The summed E-state index contributed by atoms with van der Waals surface area (Å²) in [7, 11) is 3.67. The van der Waals surface area contributed by atoms with Gasteiger partial charge in [0.1, 0.15) is 0 Å². The Hall–Kier alpha value is -0.850. The molecule has 1 saturated carbocycles. The third kappa shape index (κ3) is 3.81. The Labute approximate surface area is 152 Å². The van der Waals surface area contributed by atoms with E-state index in [1.165, 1.54) is 25.9 Å². The Morgan fingerprint density at radius 2 is 1.92 bits per heavy atom. The number of nitrogens with one attached hydrogen (secondary N) is 2. The SMILES string of the molecule is CN=C(NCC1(N2CCCC2)CCOCC1)NC1CC(OC)C1(C)C. The van der Waals surface area contributed by atoms with E-state index in [9.17, 15) is 0 Å². The van der Waals surface area contributed by atoms with Crippen LogP contribution in [0.15, 0.2) is 4.99 Å². The van der Waals surface area contributed by atoms with Gasteiger partial charge in [0, 0.05) is 50.9 Å². The van der Waals surface area contributed by atoms with Crippen molar-refractivity contribution >= 4 is 5.96 Å². The fourth-order valence-corrected chi connectivity index (χ4v) is 4.69. The van der Waals surface area contributed by atoms with Crippen LogP contribution < -0.4 is 10.6 Å². The third-order valence-electron chi connectivity index (χ3n) is 6.78. The molecule has 2 atom stereocenters. The highest BCUT2D eigenvalue weighted by Crippen LogP contribution is 2.42. The van der Waals surface area contributed by atoms with Crippen molar-refractivity contribution in [2.24, 2.45) is 10.4 Å². The second-order valence-electron chi connectivity index (χ2n) is 8.43. The van der Waals surface area contributed by atoms with Gasteiger partial charge in [-0.25, -0.2) is 0 Å². The summed E-state index contributed by atoms with van der Waals surface area (Å²) in [6.45, 7) is 9.65. The lowest BCUT2D eigenvalue weighted by molar-refractivity contribution is -0.0923. The molecule has 0 aromatic heterocycles. The molecule has 0 aromatic rings. The zero-order chi connectivity index (χ0) is 17.9. The summed E-state index contributed by atoms with van der Waals surface area (Å²) in [5.74, 6) is 0.915. The molecule has 2 aliphatic heterocycles. The number of methoxy groups -OCH3 is 1. The second kappa shape index (κ2) is 7.80.